The number of ether oxygens (including phenoxy) is 4. The molecular weight excluding hydrogens is 720 g/mol. The first-order valence-corrected chi connectivity index (χ1v) is 18.8. The second kappa shape index (κ2) is 16.9. The monoisotopic (exact) mass is 782 g/mol. The molecule has 17 heteroatoms. The predicted octanol–water partition coefficient (Wildman–Crippen LogP) is 2.71. The van der Waals surface area contributed by atoms with Crippen LogP contribution in [0.1, 0.15) is 94.9 Å². The van der Waals surface area contributed by atoms with Crippen molar-refractivity contribution in [3.05, 3.63) is 0 Å². The van der Waals surface area contributed by atoms with E-state index in [1.165, 1.54) is 24.0 Å². The van der Waals surface area contributed by atoms with E-state index in [1.807, 2.05) is 13.8 Å². The van der Waals surface area contributed by atoms with E-state index in [4.69, 9.17) is 29.2 Å². The quantitative estimate of drug-likeness (QED) is 0.165. The molecule has 4 rings (SSSR count). The average Bonchev–Trinajstić information content (AvgIpc) is 3.53. The number of aliphatic hydroxyl groups is 1. The second-order valence-corrected chi connectivity index (χ2v) is 18.0. The van der Waals surface area contributed by atoms with Crippen LogP contribution in [0.3, 0.4) is 0 Å². The lowest BCUT2D eigenvalue weighted by atomic mass is 9.99. The van der Waals surface area contributed by atoms with Gasteiger partial charge in [-0.3, -0.25) is 14.4 Å². The number of likely N-dealkylation sites (tertiary alicyclic amines) is 2. The minimum absolute atomic E-state index is 0.00513. The maximum Gasteiger partial charge on any atom is 0.408 e. The lowest BCUT2D eigenvalue weighted by Gasteiger charge is -2.32. The van der Waals surface area contributed by atoms with Crippen molar-refractivity contribution in [2.75, 3.05) is 33.9 Å². The maximum atomic E-state index is 13.1. The first-order chi connectivity index (χ1) is 25.2. The van der Waals surface area contributed by atoms with Gasteiger partial charge in [-0.2, -0.15) is 0 Å². The Hall–Kier alpha value is -4.15. The number of esters is 2. The first kappa shape index (κ1) is 45.2. The van der Waals surface area contributed by atoms with Gasteiger partial charge in [0, 0.05) is 38.0 Å². The minimum Gasteiger partial charge on any atom is -0.481 e. The molecule has 2 unspecified atom stereocenters. The largest absolute Gasteiger partial charge is 0.481 e. The molecule has 0 radical (unpaired) electrons. The molecule has 0 bridgehead atoms. The molecule has 2 heterocycles. The standard InChI is InChI=1S/C19H30N2O7.C19H32N2O6/c1-18(2,3)28-17(26)20-11(7-8-12(22)23)15(24)21-9-10-13(19(10,4)5)14(21)16(25)27-6;1-18(2,3)27-17(25)20-12(8-7-9-22)15(23)21-10-11-13(19(11,4)5)14(21)16(24)26-6/h10-11,13-14H,7-9H2,1-6H3,(H,20,26)(H,22,23);11-14,22H,7-10H2,1-6H3,(H,20,25)/t10?,11-,13-,14-;11?,12-,13-,14-/m00/s1. The number of alkyl carbamates (subject to hydrolysis) is 2. The zero-order valence-corrected chi connectivity index (χ0v) is 34.3. The smallest absolute Gasteiger partial charge is 0.408 e. The summed E-state index contributed by atoms with van der Waals surface area (Å²) in [6, 6.07) is -3.33. The van der Waals surface area contributed by atoms with E-state index in [0.717, 1.165) is 0 Å². The van der Waals surface area contributed by atoms with Crippen molar-refractivity contribution in [2.24, 2.45) is 34.5 Å². The van der Waals surface area contributed by atoms with Crippen LogP contribution in [0.5, 0.6) is 0 Å². The number of hydrogen-bond donors (Lipinski definition) is 4. The highest BCUT2D eigenvalue weighted by atomic mass is 16.6. The number of carboxylic acid groups (broad SMARTS) is 1. The fourth-order valence-corrected chi connectivity index (χ4v) is 8.18. The van der Waals surface area contributed by atoms with Crippen LogP contribution in [0.15, 0.2) is 0 Å². The van der Waals surface area contributed by atoms with Gasteiger partial charge in [0.05, 0.1) is 14.2 Å². The third-order valence-corrected chi connectivity index (χ3v) is 11.1. The number of amides is 4. The fraction of sp³-hybridized carbons (Fsp3) is 0.816. The van der Waals surface area contributed by atoms with Crippen LogP contribution in [0.25, 0.3) is 0 Å². The normalized spacial score (nSPS) is 26.4. The Bertz CT molecular complexity index is 1480. The molecule has 2 aliphatic heterocycles. The van der Waals surface area contributed by atoms with Crippen molar-refractivity contribution in [1.29, 1.82) is 0 Å². The van der Waals surface area contributed by atoms with Crippen LogP contribution >= 0.6 is 0 Å². The van der Waals surface area contributed by atoms with Gasteiger partial charge in [0.25, 0.3) is 0 Å². The molecule has 2 saturated heterocycles. The number of aliphatic hydroxyl groups excluding tert-OH is 1. The summed E-state index contributed by atoms with van der Waals surface area (Å²) in [7, 11) is 2.59. The summed E-state index contributed by atoms with van der Waals surface area (Å²) in [5.74, 6) is -2.38. The van der Waals surface area contributed by atoms with E-state index in [1.54, 1.807) is 41.5 Å². The molecule has 0 spiro atoms. The zero-order chi connectivity index (χ0) is 42.0. The lowest BCUT2D eigenvalue weighted by Crippen LogP contribution is -2.54. The van der Waals surface area contributed by atoms with Gasteiger partial charge in [0.15, 0.2) is 0 Å². The molecule has 8 atom stereocenters. The highest BCUT2D eigenvalue weighted by molar-refractivity contribution is 5.92. The van der Waals surface area contributed by atoms with Crippen molar-refractivity contribution >= 4 is 41.9 Å². The van der Waals surface area contributed by atoms with Crippen molar-refractivity contribution < 1.29 is 62.7 Å². The molecule has 0 aromatic heterocycles. The number of fused-ring (bicyclic) bond motifs is 2. The van der Waals surface area contributed by atoms with Gasteiger partial charge in [0.2, 0.25) is 11.8 Å². The Kier molecular flexibility index (Phi) is 13.9. The number of aliphatic carboxylic acids is 1. The second-order valence-electron chi connectivity index (χ2n) is 18.0. The highest BCUT2D eigenvalue weighted by Crippen LogP contribution is 2.66. The number of nitrogens with one attached hydrogen (secondary N) is 2. The summed E-state index contributed by atoms with van der Waals surface area (Å²) in [6.45, 7) is 19.3. The fourth-order valence-electron chi connectivity index (χ4n) is 8.18. The lowest BCUT2D eigenvalue weighted by molar-refractivity contribution is -0.154. The van der Waals surface area contributed by atoms with Gasteiger partial charge in [-0.05, 0) is 83.5 Å². The Balaban J connectivity index is 0.000000296. The van der Waals surface area contributed by atoms with Crippen molar-refractivity contribution in [3.8, 4) is 0 Å². The number of carbonyl (C=O) groups excluding carboxylic acids is 6. The summed E-state index contributed by atoms with van der Waals surface area (Å²) < 4.78 is 20.2. The topological polar surface area (TPSA) is 227 Å². The summed E-state index contributed by atoms with van der Waals surface area (Å²) in [5.41, 5.74) is -1.53. The molecule has 17 nitrogen and oxygen atoms in total. The molecule has 2 saturated carbocycles. The van der Waals surface area contributed by atoms with Gasteiger partial charge >= 0.3 is 30.1 Å². The number of piperidine rings is 2. The molecule has 4 amide bonds. The van der Waals surface area contributed by atoms with E-state index in [0.29, 0.717) is 19.5 Å². The molecule has 312 valence electrons. The molecular formula is C38H62N4O13. The Morgan fingerprint density at radius 2 is 1.05 bits per heavy atom. The average molecular weight is 783 g/mol. The predicted molar refractivity (Wildman–Crippen MR) is 196 cm³/mol. The molecule has 4 fully saturated rings. The van der Waals surface area contributed by atoms with Gasteiger partial charge in [-0.15, -0.1) is 0 Å². The third-order valence-electron chi connectivity index (χ3n) is 11.1. The van der Waals surface area contributed by atoms with Crippen molar-refractivity contribution in [2.45, 2.75) is 130 Å². The molecule has 0 aromatic carbocycles. The van der Waals surface area contributed by atoms with Gasteiger partial charge in [-0.1, -0.05) is 27.7 Å². The summed E-state index contributed by atoms with van der Waals surface area (Å²) in [6.07, 6.45) is -1.30. The van der Waals surface area contributed by atoms with Crippen LogP contribution in [0, 0.1) is 34.5 Å². The van der Waals surface area contributed by atoms with E-state index >= 15 is 0 Å². The van der Waals surface area contributed by atoms with Crippen LogP contribution in [-0.4, -0.2) is 131 Å². The van der Waals surface area contributed by atoms with Gasteiger partial charge in [0.1, 0.15) is 35.4 Å². The number of hydrogen-bond acceptors (Lipinski definition) is 12. The molecule has 55 heavy (non-hydrogen) atoms. The number of methoxy groups -OCH3 is 2. The van der Waals surface area contributed by atoms with Crippen LogP contribution in [0.2, 0.25) is 0 Å². The van der Waals surface area contributed by atoms with Crippen LogP contribution < -0.4 is 10.6 Å². The summed E-state index contributed by atoms with van der Waals surface area (Å²) in [4.78, 5) is 89.1. The molecule has 2 aliphatic carbocycles. The van der Waals surface area contributed by atoms with E-state index in [-0.39, 0.29) is 66.3 Å². The summed E-state index contributed by atoms with van der Waals surface area (Å²) >= 11 is 0. The Labute approximate surface area is 323 Å². The number of carboxylic acids is 1. The number of nitrogens with zero attached hydrogens (tertiary/aromatic N) is 2. The van der Waals surface area contributed by atoms with E-state index in [9.17, 15) is 33.6 Å². The first-order valence-electron chi connectivity index (χ1n) is 18.8. The Morgan fingerprint density at radius 3 is 1.36 bits per heavy atom. The number of carbonyl (C=O) groups is 7. The van der Waals surface area contributed by atoms with Gasteiger partial charge < -0.3 is 49.6 Å². The SMILES string of the molecule is COC(=O)[C@@H]1[C@@H]2C(CN1C(=O)[C@H](CCC(=O)O)NC(=O)OC(C)(C)C)C2(C)C.COC(=O)[C@@H]1[C@@H]2C(CN1C(=O)[C@H](CCCO)NC(=O)OC(C)(C)C)C2(C)C. The zero-order valence-electron chi connectivity index (χ0n) is 34.3. The van der Waals surface area contributed by atoms with Crippen molar-refractivity contribution in [1.82, 2.24) is 20.4 Å². The molecule has 4 aliphatic rings. The summed E-state index contributed by atoms with van der Waals surface area (Å²) in [5, 5.41) is 23.2. The Morgan fingerprint density at radius 1 is 0.691 bits per heavy atom. The van der Waals surface area contributed by atoms with Gasteiger partial charge in [-0.25, -0.2) is 19.2 Å². The molecule has 4 N–H and O–H groups in total. The maximum absolute atomic E-state index is 13.1. The van der Waals surface area contributed by atoms with E-state index in [2.05, 4.69) is 24.5 Å². The van der Waals surface area contributed by atoms with E-state index < -0.39 is 71.4 Å². The van der Waals surface area contributed by atoms with Crippen LogP contribution in [-0.2, 0) is 42.9 Å². The number of rotatable bonds is 12. The molecule has 0 aromatic rings. The minimum atomic E-state index is -1.10. The highest BCUT2D eigenvalue weighted by Gasteiger charge is 2.71. The third kappa shape index (κ3) is 10.8. The van der Waals surface area contributed by atoms with Crippen LogP contribution in [0.4, 0.5) is 9.59 Å². The van der Waals surface area contributed by atoms with Crippen molar-refractivity contribution in [3.63, 3.8) is 0 Å².